The van der Waals surface area contributed by atoms with Crippen LogP contribution in [0.15, 0.2) is 77.3 Å². The maximum absolute atomic E-state index is 12.7. The zero-order valence-electron chi connectivity index (χ0n) is 18.2. The van der Waals surface area contributed by atoms with E-state index in [9.17, 15) is 9.59 Å². The van der Waals surface area contributed by atoms with Crippen LogP contribution in [-0.2, 0) is 0 Å². The van der Waals surface area contributed by atoms with Crippen LogP contribution in [0.5, 0.6) is 5.75 Å². The second-order valence-corrected chi connectivity index (χ2v) is 8.44. The standard InChI is InChI=1S/C25H24BrN3O3S/c1-3-32-22-13-12-19(15-21(22)26)24(31)29-25(33)28-20-11-7-10-18(14-20)23(30)27-16(2)17-8-5-4-6-9-17/h4-16H,3H2,1-2H3,(H,27,30)(H2,28,29,31,33). The number of hydrogen-bond donors (Lipinski definition) is 3. The maximum Gasteiger partial charge on any atom is 0.257 e. The predicted octanol–water partition coefficient (Wildman–Crippen LogP) is 5.47. The van der Waals surface area contributed by atoms with Crippen LogP contribution in [0, 0.1) is 0 Å². The summed E-state index contributed by atoms with van der Waals surface area (Å²) in [5.74, 6) is 0.0949. The minimum Gasteiger partial charge on any atom is -0.493 e. The Morgan fingerprint density at radius 1 is 0.970 bits per heavy atom. The summed E-state index contributed by atoms with van der Waals surface area (Å²) in [6.07, 6.45) is 0. The first-order valence-corrected chi connectivity index (χ1v) is 11.6. The molecule has 0 bridgehead atoms. The van der Waals surface area contributed by atoms with Gasteiger partial charge < -0.3 is 15.4 Å². The molecular formula is C25H24BrN3O3S. The van der Waals surface area contributed by atoms with Crippen molar-refractivity contribution in [2.24, 2.45) is 0 Å². The van der Waals surface area contributed by atoms with Gasteiger partial charge in [0.05, 0.1) is 17.1 Å². The van der Waals surface area contributed by atoms with Crippen LogP contribution in [-0.4, -0.2) is 23.5 Å². The number of thiocarbonyl (C=S) groups is 1. The minimum atomic E-state index is -0.359. The molecule has 0 saturated carbocycles. The zero-order valence-corrected chi connectivity index (χ0v) is 20.6. The summed E-state index contributed by atoms with van der Waals surface area (Å²) < 4.78 is 6.14. The fraction of sp³-hybridized carbons (Fsp3) is 0.160. The highest BCUT2D eigenvalue weighted by atomic mass is 79.9. The van der Waals surface area contributed by atoms with Crippen LogP contribution < -0.4 is 20.7 Å². The highest BCUT2D eigenvalue weighted by Crippen LogP contribution is 2.26. The van der Waals surface area contributed by atoms with Gasteiger partial charge >= 0.3 is 0 Å². The lowest BCUT2D eigenvalue weighted by Gasteiger charge is -2.15. The molecule has 0 aliphatic heterocycles. The van der Waals surface area contributed by atoms with E-state index < -0.39 is 0 Å². The number of halogens is 1. The SMILES string of the molecule is CCOc1ccc(C(=O)NC(=S)Nc2cccc(C(=O)NC(C)c3ccccc3)c2)cc1Br. The van der Waals surface area contributed by atoms with Gasteiger partial charge in [0.25, 0.3) is 11.8 Å². The van der Waals surface area contributed by atoms with E-state index in [1.165, 1.54) is 0 Å². The molecule has 3 N–H and O–H groups in total. The Balaban J connectivity index is 1.60. The molecule has 0 spiro atoms. The van der Waals surface area contributed by atoms with Gasteiger partial charge in [-0.1, -0.05) is 36.4 Å². The molecule has 2 amide bonds. The van der Waals surface area contributed by atoms with E-state index in [0.29, 0.717) is 33.6 Å². The lowest BCUT2D eigenvalue weighted by Crippen LogP contribution is -2.34. The first-order valence-electron chi connectivity index (χ1n) is 10.4. The van der Waals surface area contributed by atoms with Gasteiger partial charge in [0.1, 0.15) is 5.75 Å². The first kappa shape index (κ1) is 24.4. The third kappa shape index (κ3) is 6.87. The Labute approximate surface area is 206 Å². The number of benzene rings is 3. The molecule has 1 atom stereocenters. The van der Waals surface area contributed by atoms with E-state index in [-0.39, 0.29) is 23.0 Å². The summed E-state index contributed by atoms with van der Waals surface area (Å²) in [6.45, 7) is 4.35. The normalized spacial score (nSPS) is 11.2. The number of carbonyl (C=O) groups is 2. The van der Waals surface area contributed by atoms with E-state index in [2.05, 4.69) is 31.9 Å². The number of carbonyl (C=O) groups excluding carboxylic acids is 2. The monoisotopic (exact) mass is 525 g/mol. The van der Waals surface area contributed by atoms with Crippen LogP contribution in [0.1, 0.15) is 46.2 Å². The van der Waals surface area contributed by atoms with Crippen molar-refractivity contribution < 1.29 is 14.3 Å². The number of nitrogens with one attached hydrogen (secondary N) is 3. The van der Waals surface area contributed by atoms with Gasteiger partial charge in [0.15, 0.2) is 5.11 Å². The molecule has 3 aromatic rings. The first-order chi connectivity index (χ1) is 15.9. The minimum absolute atomic E-state index is 0.125. The molecule has 0 radical (unpaired) electrons. The molecule has 0 aliphatic carbocycles. The molecule has 3 rings (SSSR count). The molecule has 8 heteroatoms. The Morgan fingerprint density at radius 3 is 2.39 bits per heavy atom. The molecule has 6 nitrogen and oxygen atoms in total. The van der Waals surface area contributed by atoms with Crippen LogP contribution in [0.3, 0.4) is 0 Å². The van der Waals surface area contributed by atoms with Gasteiger partial charge in [-0.05, 0) is 84.0 Å². The molecule has 33 heavy (non-hydrogen) atoms. The number of amides is 2. The Bertz CT molecular complexity index is 1150. The number of anilines is 1. The largest absolute Gasteiger partial charge is 0.493 e. The highest BCUT2D eigenvalue weighted by molar-refractivity contribution is 9.10. The Hall–Kier alpha value is -3.23. The van der Waals surface area contributed by atoms with Crippen LogP contribution in [0.25, 0.3) is 0 Å². The molecule has 170 valence electrons. The lowest BCUT2D eigenvalue weighted by molar-refractivity contribution is 0.0938. The molecule has 0 aromatic heterocycles. The maximum atomic E-state index is 12.7. The summed E-state index contributed by atoms with van der Waals surface area (Å²) in [6, 6.07) is 21.6. The smallest absolute Gasteiger partial charge is 0.257 e. The number of ether oxygens (including phenoxy) is 1. The molecule has 0 heterocycles. The van der Waals surface area contributed by atoms with Crippen molar-refractivity contribution in [2.45, 2.75) is 19.9 Å². The summed E-state index contributed by atoms with van der Waals surface area (Å²) in [4.78, 5) is 25.2. The second kappa shape index (κ2) is 11.6. The van der Waals surface area contributed by atoms with Crippen molar-refractivity contribution in [1.82, 2.24) is 10.6 Å². The Kier molecular flexibility index (Phi) is 8.57. The van der Waals surface area contributed by atoms with Gasteiger partial charge in [-0.25, -0.2) is 0 Å². The van der Waals surface area contributed by atoms with Crippen molar-refractivity contribution in [2.75, 3.05) is 11.9 Å². The quantitative estimate of drug-likeness (QED) is 0.356. The summed E-state index contributed by atoms with van der Waals surface area (Å²) >= 11 is 8.67. The third-order valence-electron chi connectivity index (χ3n) is 4.75. The number of hydrogen-bond acceptors (Lipinski definition) is 4. The Morgan fingerprint density at radius 2 is 1.70 bits per heavy atom. The second-order valence-electron chi connectivity index (χ2n) is 7.17. The van der Waals surface area contributed by atoms with Gasteiger partial charge in [0, 0.05) is 16.8 Å². The van der Waals surface area contributed by atoms with Crippen LogP contribution in [0.2, 0.25) is 0 Å². The molecule has 0 fully saturated rings. The van der Waals surface area contributed by atoms with Gasteiger partial charge in [0.2, 0.25) is 0 Å². The van der Waals surface area contributed by atoms with Crippen LogP contribution >= 0.6 is 28.1 Å². The molecule has 0 saturated heterocycles. The third-order valence-corrected chi connectivity index (χ3v) is 5.57. The van der Waals surface area contributed by atoms with Gasteiger partial charge in [-0.2, -0.15) is 0 Å². The summed E-state index contributed by atoms with van der Waals surface area (Å²) in [5.41, 5.74) is 2.52. The number of rotatable bonds is 7. The topological polar surface area (TPSA) is 79.5 Å². The molecular weight excluding hydrogens is 502 g/mol. The molecule has 3 aromatic carbocycles. The van der Waals surface area contributed by atoms with Crippen molar-refractivity contribution in [3.63, 3.8) is 0 Å². The van der Waals surface area contributed by atoms with Gasteiger partial charge in [-0.3, -0.25) is 14.9 Å². The fourth-order valence-electron chi connectivity index (χ4n) is 3.10. The molecule has 1 unspecified atom stereocenters. The fourth-order valence-corrected chi connectivity index (χ4v) is 3.80. The average Bonchev–Trinajstić information content (AvgIpc) is 2.81. The zero-order chi connectivity index (χ0) is 23.8. The average molecular weight is 526 g/mol. The van der Waals surface area contributed by atoms with E-state index in [0.717, 1.165) is 5.56 Å². The van der Waals surface area contributed by atoms with E-state index in [1.807, 2.05) is 44.2 Å². The molecule has 0 aliphatic rings. The van der Waals surface area contributed by atoms with Crippen LogP contribution in [0.4, 0.5) is 5.69 Å². The van der Waals surface area contributed by atoms with E-state index >= 15 is 0 Å². The van der Waals surface area contributed by atoms with Crippen molar-refractivity contribution in [3.8, 4) is 5.75 Å². The summed E-state index contributed by atoms with van der Waals surface area (Å²) in [7, 11) is 0. The van der Waals surface area contributed by atoms with E-state index in [1.54, 1.807) is 42.5 Å². The summed E-state index contributed by atoms with van der Waals surface area (Å²) in [5, 5.41) is 8.70. The van der Waals surface area contributed by atoms with E-state index in [4.69, 9.17) is 17.0 Å². The van der Waals surface area contributed by atoms with Crippen molar-refractivity contribution in [1.29, 1.82) is 0 Å². The van der Waals surface area contributed by atoms with Crippen molar-refractivity contribution >= 4 is 50.8 Å². The highest BCUT2D eigenvalue weighted by Gasteiger charge is 2.13. The lowest BCUT2D eigenvalue weighted by atomic mass is 10.1. The predicted molar refractivity (Wildman–Crippen MR) is 138 cm³/mol. The van der Waals surface area contributed by atoms with Gasteiger partial charge in [-0.15, -0.1) is 0 Å². The van der Waals surface area contributed by atoms with Crippen molar-refractivity contribution in [3.05, 3.63) is 94.0 Å².